The van der Waals surface area contributed by atoms with Crippen molar-refractivity contribution < 1.29 is 23.5 Å². The van der Waals surface area contributed by atoms with Crippen molar-refractivity contribution in [1.82, 2.24) is 9.79 Å². The lowest BCUT2D eigenvalue weighted by atomic mass is 10.0. The fourth-order valence-electron chi connectivity index (χ4n) is 2.79. The molecule has 152 valence electrons. The van der Waals surface area contributed by atoms with Gasteiger partial charge in [0.15, 0.2) is 5.75 Å². The summed E-state index contributed by atoms with van der Waals surface area (Å²) in [6.45, 7) is 3.10. The van der Waals surface area contributed by atoms with Crippen LogP contribution in [0.5, 0.6) is 5.75 Å². The number of amides is 1. The second-order valence-electron chi connectivity index (χ2n) is 6.44. The Hall–Kier alpha value is -1.84. The van der Waals surface area contributed by atoms with Gasteiger partial charge in [0.2, 0.25) is 10.0 Å². The van der Waals surface area contributed by atoms with Crippen LogP contribution in [0.1, 0.15) is 19.4 Å². The maximum atomic E-state index is 13.4. The number of phenols is 1. The molecule has 0 saturated carbocycles. The Balaban J connectivity index is 2.67. The van der Waals surface area contributed by atoms with E-state index in [-0.39, 0.29) is 16.6 Å². The molecule has 10 heteroatoms. The maximum Gasteiger partial charge on any atom is 0.262 e. The van der Waals surface area contributed by atoms with Crippen molar-refractivity contribution in [2.24, 2.45) is 5.92 Å². The first kappa shape index (κ1) is 22.4. The smallest absolute Gasteiger partial charge is 0.262 e. The van der Waals surface area contributed by atoms with Crippen molar-refractivity contribution in [1.29, 1.82) is 0 Å². The Morgan fingerprint density at radius 2 is 1.79 bits per heavy atom. The fourth-order valence-corrected chi connectivity index (χ4v) is 5.25. The van der Waals surface area contributed by atoms with Gasteiger partial charge < -0.3 is 5.11 Å². The molecule has 0 aliphatic heterocycles. The largest absolute Gasteiger partial charge is 0.505 e. The van der Waals surface area contributed by atoms with Crippen LogP contribution < -0.4 is 5.48 Å². The van der Waals surface area contributed by atoms with E-state index in [0.29, 0.717) is 5.56 Å². The normalized spacial score (nSPS) is 13.0. The standard InChI is InChI=1S/C18H20Cl2N2O5S/c1-11(2)16(18(24)21-25)22(10-12-6-4-3-5-7-12)28(26,27)15-9-13(19)8-14(20)17(15)23/h3-9,11,16,23,25H,10H2,1-2H3,(H,21,24)/t16-/m0/s1. The van der Waals surface area contributed by atoms with E-state index >= 15 is 0 Å². The van der Waals surface area contributed by atoms with Crippen LogP contribution in [-0.4, -0.2) is 35.0 Å². The predicted octanol–water partition coefficient (Wildman–Crippen LogP) is 3.42. The molecule has 0 heterocycles. The molecule has 0 aromatic heterocycles. The van der Waals surface area contributed by atoms with Crippen LogP contribution in [0.2, 0.25) is 10.0 Å². The molecule has 2 aromatic carbocycles. The summed E-state index contributed by atoms with van der Waals surface area (Å²) in [7, 11) is -4.43. The van der Waals surface area contributed by atoms with Crippen LogP contribution in [0.25, 0.3) is 0 Å². The molecule has 3 N–H and O–H groups in total. The number of hydrogen-bond donors (Lipinski definition) is 3. The average Bonchev–Trinajstić information content (AvgIpc) is 2.64. The van der Waals surface area contributed by atoms with Gasteiger partial charge in [0.25, 0.3) is 5.91 Å². The number of nitrogens with zero attached hydrogens (tertiary/aromatic N) is 1. The van der Waals surface area contributed by atoms with Crippen LogP contribution in [0, 0.1) is 5.92 Å². The van der Waals surface area contributed by atoms with Crippen molar-refractivity contribution in [2.45, 2.75) is 31.3 Å². The number of hydrogen-bond acceptors (Lipinski definition) is 5. The molecule has 0 aliphatic rings. The Bertz CT molecular complexity index is 952. The third-order valence-electron chi connectivity index (χ3n) is 4.08. The van der Waals surface area contributed by atoms with E-state index in [4.69, 9.17) is 28.4 Å². The Morgan fingerprint density at radius 1 is 1.18 bits per heavy atom. The minimum Gasteiger partial charge on any atom is -0.505 e. The van der Waals surface area contributed by atoms with Crippen LogP contribution in [0.4, 0.5) is 0 Å². The zero-order chi connectivity index (χ0) is 21.1. The van der Waals surface area contributed by atoms with Gasteiger partial charge >= 0.3 is 0 Å². The van der Waals surface area contributed by atoms with Crippen LogP contribution in [0.3, 0.4) is 0 Å². The molecule has 0 spiro atoms. The number of sulfonamides is 1. The number of rotatable bonds is 7. The molecule has 2 rings (SSSR count). The summed E-state index contributed by atoms with van der Waals surface area (Å²) in [6, 6.07) is 9.62. The molecule has 2 aromatic rings. The third kappa shape index (κ3) is 4.76. The third-order valence-corrected chi connectivity index (χ3v) is 6.43. The topological polar surface area (TPSA) is 107 Å². The Morgan fingerprint density at radius 3 is 2.32 bits per heavy atom. The fraction of sp³-hybridized carbons (Fsp3) is 0.278. The van der Waals surface area contributed by atoms with Crippen LogP contribution in [-0.2, 0) is 21.4 Å². The van der Waals surface area contributed by atoms with Crippen LogP contribution in [0.15, 0.2) is 47.4 Å². The summed E-state index contributed by atoms with van der Waals surface area (Å²) in [4.78, 5) is 11.8. The molecule has 1 atom stereocenters. The van der Waals surface area contributed by atoms with Crippen molar-refractivity contribution in [3.05, 3.63) is 58.1 Å². The Labute approximate surface area is 173 Å². The second-order valence-corrected chi connectivity index (χ2v) is 9.14. The number of halogens is 2. The first-order valence-corrected chi connectivity index (χ1v) is 10.5. The molecular formula is C18H20Cl2N2O5S. The second kappa shape index (κ2) is 9.11. The van der Waals surface area contributed by atoms with Gasteiger partial charge in [0.1, 0.15) is 10.9 Å². The highest BCUT2D eigenvalue weighted by atomic mass is 35.5. The number of hydroxylamine groups is 1. The summed E-state index contributed by atoms with van der Waals surface area (Å²) < 4.78 is 27.7. The molecule has 0 aliphatic carbocycles. The minimum absolute atomic E-state index is 0.00810. The van der Waals surface area contributed by atoms with Gasteiger partial charge in [-0.2, -0.15) is 4.31 Å². The van der Waals surface area contributed by atoms with Gasteiger partial charge in [-0.3, -0.25) is 10.0 Å². The zero-order valence-electron chi connectivity index (χ0n) is 15.1. The predicted molar refractivity (Wildman–Crippen MR) is 106 cm³/mol. The molecule has 0 saturated heterocycles. The van der Waals surface area contributed by atoms with E-state index in [1.807, 2.05) is 0 Å². The average molecular weight is 447 g/mol. The lowest BCUT2D eigenvalue weighted by Crippen LogP contribution is -2.51. The first-order valence-electron chi connectivity index (χ1n) is 8.27. The lowest BCUT2D eigenvalue weighted by Gasteiger charge is -2.32. The maximum absolute atomic E-state index is 13.4. The van der Waals surface area contributed by atoms with Gasteiger partial charge in [-0.05, 0) is 23.6 Å². The minimum atomic E-state index is -4.43. The van der Waals surface area contributed by atoms with Crippen molar-refractivity contribution in [3.63, 3.8) is 0 Å². The van der Waals surface area contributed by atoms with E-state index in [1.54, 1.807) is 44.2 Å². The van der Waals surface area contributed by atoms with Gasteiger partial charge in [-0.1, -0.05) is 67.4 Å². The van der Waals surface area contributed by atoms with Crippen molar-refractivity contribution >= 4 is 39.1 Å². The summed E-state index contributed by atoms with van der Waals surface area (Å²) in [6.07, 6.45) is 0. The van der Waals surface area contributed by atoms with E-state index in [0.717, 1.165) is 10.4 Å². The lowest BCUT2D eigenvalue weighted by molar-refractivity contribution is -0.134. The molecule has 0 bridgehead atoms. The van der Waals surface area contributed by atoms with Crippen molar-refractivity contribution in [2.75, 3.05) is 0 Å². The molecule has 0 radical (unpaired) electrons. The number of benzene rings is 2. The molecule has 28 heavy (non-hydrogen) atoms. The van der Waals surface area contributed by atoms with Gasteiger partial charge in [0, 0.05) is 11.6 Å². The van der Waals surface area contributed by atoms with E-state index in [9.17, 15) is 18.3 Å². The van der Waals surface area contributed by atoms with E-state index in [1.165, 1.54) is 11.5 Å². The highest BCUT2D eigenvalue weighted by Crippen LogP contribution is 2.37. The molecule has 0 unspecified atom stereocenters. The van der Waals surface area contributed by atoms with Gasteiger partial charge in [-0.25, -0.2) is 13.9 Å². The van der Waals surface area contributed by atoms with Gasteiger partial charge in [-0.15, -0.1) is 0 Å². The molecule has 7 nitrogen and oxygen atoms in total. The number of carbonyl (C=O) groups is 1. The molecule has 1 amide bonds. The number of nitrogens with one attached hydrogen (secondary N) is 1. The summed E-state index contributed by atoms with van der Waals surface area (Å²) in [5.74, 6) is -2.07. The Kier molecular flexibility index (Phi) is 7.30. The van der Waals surface area contributed by atoms with Crippen molar-refractivity contribution in [3.8, 4) is 5.75 Å². The van der Waals surface area contributed by atoms with Crippen LogP contribution >= 0.6 is 23.2 Å². The number of aromatic hydroxyl groups is 1. The quantitative estimate of drug-likeness (QED) is 0.446. The van der Waals surface area contributed by atoms with E-state index < -0.39 is 38.5 Å². The van der Waals surface area contributed by atoms with Gasteiger partial charge in [0.05, 0.1) is 5.02 Å². The monoisotopic (exact) mass is 446 g/mol. The van der Waals surface area contributed by atoms with E-state index in [2.05, 4.69) is 0 Å². The SMILES string of the molecule is CC(C)[C@@H](C(=O)NO)N(Cc1ccccc1)S(=O)(=O)c1cc(Cl)cc(Cl)c1O. The zero-order valence-corrected chi connectivity index (χ0v) is 17.5. The molecular weight excluding hydrogens is 427 g/mol. The first-order chi connectivity index (χ1) is 13.1. The highest BCUT2D eigenvalue weighted by molar-refractivity contribution is 7.89. The summed E-state index contributed by atoms with van der Waals surface area (Å²) >= 11 is 11.8. The number of phenolic OH excluding ortho intramolecular Hbond substituents is 1. The summed E-state index contributed by atoms with van der Waals surface area (Å²) in [5.41, 5.74) is 2.12. The summed E-state index contributed by atoms with van der Waals surface area (Å²) in [5, 5.41) is 19.1. The molecule has 0 fully saturated rings. The highest BCUT2D eigenvalue weighted by Gasteiger charge is 2.39. The number of carbonyl (C=O) groups excluding carboxylic acids is 1.